The average Bonchev–Trinajstić information content (AvgIpc) is 3.19. The molecule has 174 valence electrons. The standard InChI is InChI=1S/C26H31N3O4/c1-5-28(26(31)25-19(4)23-17(2)6-7-18(3)24(23)33-25)16-22(30)27-20-8-10-21(11-9-20)29-12-14-32-15-13-29/h6-11H,5,12-16H2,1-4H3,(H,27,30). The third kappa shape index (κ3) is 4.73. The number of benzene rings is 2. The number of ether oxygens (including phenoxy) is 1. The Labute approximate surface area is 194 Å². The number of aryl methyl sites for hydroxylation is 3. The summed E-state index contributed by atoms with van der Waals surface area (Å²) in [7, 11) is 0. The van der Waals surface area contributed by atoms with Gasteiger partial charge in [-0.25, -0.2) is 0 Å². The Morgan fingerprint density at radius 3 is 2.30 bits per heavy atom. The number of carbonyl (C=O) groups is 2. The van der Waals surface area contributed by atoms with Gasteiger partial charge in [0.1, 0.15) is 12.1 Å². The highest BCUT2D eigenvalue weighted by Gasteiger charge is 2.25. The molecule has 1 saturated heterocycles. The van der Waals surface area contributed by atoms with Crippen LogP contribution in [0, 0.1) is 20.8 Å². The van der Waals surface area contributed by atoms with Crippen molar-refractivity contribution in [3.05, 3.63) is 58.8 Å². The minimum absolute atomic E-state index is 0.0466. The van der Waals surface area contributed by atoms with Gasteiger partial charge in [-0.05, 0) is 63.1 Å². The summed E-state index contributed by atoms with van der Waals surface area (Å²) in [6, 6.07) is 11.8. The number of carbonyl (C=O) groups excluding carboxylic acids is 2. The van der Waals surface area contributed by atoms with Crippen LogP contribution in [0.1, 0.15) is 34.2 Å². The highest BCUT2D eigenvalue weighted by atomic mass is 16.5. The van der Waals surface area contributed by atoms with E-state index in [0.717, 1.165) is 59.7 Å². The summed E-state index contributed by atoms with van der Waals surface area (Å²) >= 11 is 0. The maximum absolute atomic E-state index is 13.2. The molecule has 4 rings (SSSR count). The normalized spacial score (nSPS) is 13.9. The molecule has 1 aliphatic rings. The van der Waals surface area contributed by atoms with Gasteiger partial charge < -0.3 is 24.3 Å². The molecule has 7 heteroatoms. The molecule has 0 aliphatic carbocycles. The van der Waals surface area contributed by atoms with Gasteiger partial charge in [-0.15, -0.1) is 0 Å². The molecule has 2 heterocycles. The van der Waals surface area contributed by atoms with Gasteiger partial charge in [0.2, 0.25) is 5.91 Å². The van der Waals surface area contributed by atoms with Gasteiger partial charge in [-0.3, -0.25) is 9.59 Å². The molecular weight excluding hydrogens is 418 g/mol. The van der Waals surface area contributed by atoms with Gasteiger partial charge >= 0.3 is 0 Å². The van der Waals surface area contributed by atoms with E-state index < -0.39 is 0 Å². The maximum Gasteiger partial charge on any atom is 0.290 e. The number of nitrogens with zero attached hydrogens (tertiary/aromatic N) is 2. The molecule has 0 atom stereocenters. The fourth-order valence-electron chi connectivity index (χ4n) is 4.30. The lowest BCUT2D eigenvalue weighted by molar-refractivity contribution is -0.116. The highest BCUT2D eigenvalue weighted by Crippen LogP contribution is 2.31. The Balaban J connectivity index is 1.44. The first kappa shape index (κ1) is 22.9. The van der Waals surface area contributed by atoms with E-state index in [9.17, 15) is 9.59 Å². The Morgan fingerprint density at radius 1 is 1.00 bits per heavy atom. The lowest BCUT2D eigenvalue weighted by Gasteiger charge is -2.29. The van der Waals surface area contributed by atoms with Crippen molar-refractivity contribution in [2.24, 2.45) is 0 Å². The molecule has 33 heavy (non-hydrogen) atoms. The highest BCUT2D eigenvalue weighted by molar-refractivity contribution is 6.02. The Morgan fingerprint density at radius 2 is 1.67 bits per heavy atom. The number of likely N-dealkylation sites (N-methyl/N-ethyl adjacent to an activating group) is 1. The monoisotopic (exact) mass is 449 g/mol. The lowest BCUT2D eigenvalue weighted by Crippen LogP contribution is -2.38. The third-order valence-electron chi connectivity index (χ3n) is 6.21. The summed E-state index contributed by atoms with van der Waals surface area (Å²) in [5, 5.41) is 3.87. The fourth-order valence-corrected chi connectivity index (χ4v) is 4.30. The van der Waals surface area contributed by atoms with Gasteiger partial charge in [-0.2, -0.15) is 0 Å². The van der Waals surface area contributed by atoms with Gasteiger partial charge in [0.05, 0.1) is 13.2 Å². The number of amides is 2. The molecule has 2 amide bonds. The number of anilines is 2. The summed E-state index contributed by atoms with van der Waals surface area (Å²) in [4.78, 5) is 29.7. The molecular formula is C26H31N3O4. The zero-order chi connectivity index (χ0) is 23.5. The fraction of sp³-hybridized carbons (Fsp3) is 0.385. The molecule has 0 radical (unpaired) electrons. The molecule has 2 aromatic carbocycles. The molecule has 0 unspecified atom stereocenters. The van der Waals surface area contributed by atoms with Crippen LogP contribution in [-0.2, 0) is 9.53 Å². The SMILES string of the molecule is CCN(CC(=O)Nc1ccc(N2CCOCC2)cc1)C(=O)c1oc2c(C)ccc(C)c2c1C. The van der Waals surface area contributed by atoms with E-state index in [1.165, 1.54) is 4.90 Å². The van der Waals surface area contributed by atoms with Gasteiger partial charge in [0.25, 0.3) is 5.91 Å². The minimum Gasteiger partial charge on any atom is -0.450 e. The van der Waals surface area contributed by atoms with Crippen LogP contribution in [0.25, 0.3) is 11.0 Å². The van der Waals surface area contributed by atoms with Crippen molar-refractivity contribution in [1.82, 2.24) is 4.90 Å². The van der Waals surface area contributed by atoms with E-state index in [0.29, 0.717) is 18.0 Å². The molecule has 3 aromatic rings. The van der Waals surface area contributed by atoms with Gasteiger partial charge in [0, 0.05) is 42.0 Å². The van der Waals surface area contributed by atoms with Crippen molar-refractivity contribution < 1.29 is 18.7 Å². The molecule has 0 bridgehead atoms. The van der Waals surface area contributed by atoms with Crippen LogP contribution >= 0.6 is 0 Å². The summed E-state index contributed by atoms with van der Waals surface area (Å²) in [5.74, 6) is -0.222. The number of rotatable bonds is 6. The quantitative estimate of drug-likeness (QED) is 0.608. The molecule has 7 nitrogen and oxygen atoms in total. The topological polar surface area (TPSA) is 75.0 Å². The summed E-state index contributed by atoms with van der Waals surface area (Å²) in [6.45, 7) is 11.3. The Hall–Kier alpha value is -3.32. The number of fused-ring (bicyclic) bond motifs is 1. The second kappa shape index (κ2) is 9.67. The first-order chi connectivity index (χ1) is 15.9. The van der Waals surface area contributed by atoms with E-state index in [2.05, 4.69) is 10.2 Å². The largest absolute Gasteiger partial charge is 0.450 e. The van der Waals surface area contributed by atoms with Crippen molar-refractivity contribution in [3.63, 3.8) is 0 Å². The molecule has 1 aliphatic heterocycles. The summed E-state index contributed by atoms with van der Waals surface area (Å²) in [6.07, 6.45) is 0. The van der Waals surface area contributed by atoms with Gasteiger partial charge in [-0.1, -0.05) is 12.1 Å². The van der Waals surface area contributed by atoms with E-state index in [-0.39, 0.29) is 18.4 Å². The van der Waals surface area contributed by atoms with Crippen molar-refractivity contribution >= 4 is 34.2 Å². The second-order valence-electron chi connectivity index (χ2n) is 8.47. The minimum atomic E-state index is -0.275. The maximum atomic E-state index is 13.2. The van der Waals surface area contributed by atoms with Crippen molar-refractivity contribution in [2.75, 3.05) is 49.6 Å². The molecule has 0 saturated carbocycles. The van der Waals surface area contributed by atoms with Crippen LogP contribution in [0.3, 0.4) is 0 Å². The van der Waals surface area contributed by atoms with Crippen LogP contribution in [-0.4, -0.2) is 56.1 Å². The lowest BCUT2D eigenvalue weighted by atomic mass is 10.0. The third-order valence-corrected chi connectivity index (χ3v) is 6.21. The van der Waals surface area contributed by atoms with Crippen LogP contribution in [0.5, 0.6) is 0 Å². The zero-order valence-electron chi connectivity index (χ0n) is 19.7. The second-order valence-corrected chi connectivity index (χ2v) is 8.47. The van der Waals surface area contributed by atoms with Crippen molar-refractivity contribution in [2.45, 2.75) is 27.7 Å². The van der Waals surface area contributed by atoms with E-state index in [1.54, 1.807) is 0 Å². The summed E-state index contributed by atoms with van der Waals surface area (Å²) in [5.41, 5.74) is 5.40. The van der Waals surface area contributed by atoms with E-state index >= 15 is 0 Å². The predicted octanol–water partition coefficient (Wildman–Crippen LogP) is 4.30. The molecule has 1 aromatic heterocycles. The number of nitrogens with one attached hydrogen (secondary N) is 1. The Bertz CT molecular complexity index is 1160. The Kier molecular flexibility index (Phi) is 6.70. The zero-order valence-corrected chi connectivity index (χ0v) is 19.7. The number of morpholine rings is 1. The van der Waals surface area contributed by atoms with Crippen molar-refractivity contribution in [1.29, 1.82) is 0 Å². The number of furan rings is 1. The van der Waals surface area contributed by atoms with Crippen LogP contribution in [0.4, 0.5) is 11.4 Å². The van der Waals surface area contributed by atoms with Crippen LogP contribution in [0.15, 0.2) is 40.8 Å². The molecule has 1 N–H and O–H groups in total. The van der Waals surface area contributed by atoms with Gasteiger partial charge in [0.15, 0.2) is 5.76 Å². The average molecular weight is 450 g/mol. The molecule has 0 spiro atoms. The number of hydrogen-bond donors (Lipinski definition) is 1. The predicted molar refractivity (Wildman–Crippen MR) is 130 cm³/mol. The first-order valence-electron chi connectivity index (χ1n) is 11.4. The van der Waals surface area contributed by atoms with Crippen LogP contribution in [0.2, 0.25) is 0 Å². The summed E-state index contributed by atoms with van der Waals surface area (Å²) < 4.78 is 11.4. The van der Waals surface area contributed by atoms with Crippen LogP contribution < -0.4 is 10.2 Å². The van der Waals surface area contributed by atoms with E-state index in [1.807, 2.05) is 64.1 Å². The first-order valence-corrected chi connectivity index (χ1v) is 11.4. The smallest absolute Gasteiger partial charge is 0.290 e. The van der Waals surface area contributed by atoms with Crippen molar-refractivity contribution in [3.8, 4) is 0 Å². The number of hydrogen-bond acceptors (Lipinski definition) is 5. The molecule has 1 fully saturated rings. The van der Waals surface area contributed by atoms with E-state index in [4.69, 9.17) is 9.15 Å².